The van der Waals surface area contributed by atoms with Crippen LogP contribution in [0.25, 0.3) is 0 Å². The first kappa shape index (κ1) is 17.2. The van der Waals surface area contributed by atoms with Crippen LogP contribution in [0.1, 0.15) is 13.8 Å². The number of nitrogens with zero attached hydrogens (tertiary/aromatic N) is 2. The van der Waals surface area contributed by atoms with Crippen LogP contribution >= 0.6 is 11.6 Å². The molecular weight excluding hydrogens is 328 g/mol. The second-order valence-corrected chi connectivity index (χ2v) is 8.62. The number of hydrogen-bond acceptors (Lipinski definition) is 6. The molecule has 0 saturated carbocycles. The summed E-state index contributed by atoms with van der Waals surface area (Å²) in [6.07, 6.45) is 3.12. The molecule has 0 aliphatic rings. The van der Waals surface area contributed by atoms with E-state index in [1.807, 2.05) is 0 Å². The van der Waals surface area contributed by atoms with E-state index in [9.17, 15) is 16.8 Å². The van der Waals surface area contributed by atoms with Gasteiger partial charge in [-0.1, -0.05) is 0 Å². The van der Waals surface area contributed by atoms with Crippen molar-refractivity contribution in [2.75, 3.05) is 12.8 Å². The first-order chi connectivity index (χ1) is 8.91. The molecule has 0 spiro atoms. The summed E-state index contributed by atoms with van der Waals surface area (Å²) >= 11 is 5.47. The van der Waals surface area contributed by atoms with Crippen molar-refractivity contribution in [1.82, 2.24) is 19.4 Å². The number of hydrogen-bond donors (Lipinski definition) is 2. The average molecular weight is 343 g/mol. The molecule has 0 saturated heterocycles. The highest BCUT2D eigenvalue weighted by molar-refractivity contribution is 7.89. The third kappa shape index (κ3) is 5.67. The standard InChI is InChI=1S/C9H15ClN4O4S2/c1-9(2,14-19(3,15)16)6-13-20(17,18)7-4-11-8(10)12-5-7/h4-5,13-14H,6H2,1-3H3. The maximum atomic E-state index is 11.9. The van der Waals surface area contributed by atoms with E-state index < -0.39 is 25.6 Å². The van der Waals surface area contributed by atoms with Gasteiger partial charge in [0.05, 0.1) is 18.6 Å². The molecule has 0 atom stereocenters. The van der Waals surface area contributed by atoms with Crippen molar-refractivity contribution in [1.29, 1.82) is 0 Å². The van der Waals surface area contributed by atoms with Gasteiger partial charge in [-0.2, -0.15) is 0 Å². The fourth-order valence-electron chi connectivity index (χ4n) is 1.34. The highest BCUT2D eigenvalue weighted by Crippen LogP contribution is 2.09. The van der Waals surface area contributed by atoms with Gasteiger partial charge >= 0.3 is 0 Å². The molecule has 114 valence electrons. The van der Waals surface area contributed by atoms with Gasteiger partial charge in [0.2, 0.25) is 25.3 Å². The molecule has 0 radical (unpaired) electrons. The van der Waals surface area contributed by atoms with Crippen LogP contribution in [0.2, 0.25) is 5.28 Å². The Hall–Kier alpha value is -0.810. The Labute approximate surface area is 123 Å². The molecule has 8 nitrogen and oxygen atoms in total. The van der Waals surface area contributed by atoms with Gasteiger partial charge in [-0.15, -0.1) is 0 Å². The zero-order chi connectivity index (χ0) is 15.6. The minimum atomic E-state index is -3.83. The summed E-state index contributed by atoms with van der Waals surface area (Å²) in [6, 6.07) is 0. The Balaban J connectivity index is 2.80. The molecule has 2 N–H and O–H groups in total. The average Bonchev–Trinajstić information content (AvgIpc) is 2.24. The molecule has 0 aliphatic carbocycles. The largest absolute Gasteiger partial charge is 0.243 e. The lowest BCUT2D eigenvalue weighted by atomic mass is 10.1. The van der Waals surface area contributed by atoms with E-state index in [-0.39, 0.29) is 16.7 Å². The zero-order valence-corrected chi connectivity index (χ0v) is 13.5. The molecule has 1 heterocycles. The molecule has 20 heavy (non-hydrogen) atoms. The number of rotatable bonds is 6. The SMILES string of the molecule is CC(C)(CNS(=O)(=O)c1cnc(Cl)nc1)NS(C)(=O)=O. The van der Waals surface area contributed by atoms with Gasteiger partial charge in [0.15, 0.2) is 0 Å². The molecule has 1 aromatic rings. The molecule has 1 rings (SSSR count). The van der Waals surface area contributed by atoms with Crippen molar-refractivity contribution in [2.24, 2.45) is 0 Å². The Morgan fingerprint density at radius 2 is 1.70 bits per heavy atom. The number of aromatic nitrogens is 2. The second kappa shape index (κ2) is 5.90. The predicted octanol–water partition coefficient (Wildman–Crippen LogP) is -0.264. The molecule has 0 bridgehead atoms. The van der Waals surface area contributed by atoms with E-state index >= 15 is 0 Å². The lowest BCUT2D eigenvalue weighted by molar-refractivity contribution is 0.446. The summed E-state index contributed by atoms with van der Waals surface area (Å²) < 4.78 is 50.8. The molecular formula is C9H15ClN4O4S2. The topological polar surface area (TPSA) is 118 Å². The molecule has 0 fully saturated rings. The summed E-state index contributed by atoms with van der Waals surface area (Å²) in [5, 5.41) is -0.0666. The molecule has 0 aromatic carbocycles. The smallest absolute Gasteiger partial charge is 0.225 e. The minimum Gasteiger partial charge on any atom is -0.225 e. The first-order valence-electron chi connectivity index (χ1n) is 5.37. The minimum absolute atomic E-state index is 0.0666. The van der Waals surface area contributed by atoms with Crippen molar-refractivity contribution >= 4 is 31.6 Å². The predicted molar refractivity (Wildman–Crippen MR) is 74.3 cm³/mol. The van der Waals surface area contributed by atoms with Crippen LogP contribution in [-0.2, 0) is 20.0 Å². The van der Waals surface area contributed by atoms with Gasteiger partial charge < -0.3 is 0 Å². The van der Waals surface area contributed by atoms with Gasteiger partial charge in [-0.3, -0.25) is 0 Å². The van der Waals surface area contributed by atoms with Crippen molar-refractivity contribution in [3.8, 4) is 0 Å². The molecule has 0 aliphatic heterocycles. The van der Waals surface area contributed by atoms with Gasteiger partial charge in [0.25, 0.3) is 0 Å². The van der Waals surface area contributed by atoms with Crippen LogP contribution in [-0.4, -0.2) is 45.1 Å². The molecule has 0 amide bonds. The van der Waals surface area contributed by atoms with Crippen molar-refractivity contribution in [2.45, 2.75) is 24.3 Å². The normalized spacial score (nSPS) is 13.4. The van der Waals surface area contributed by atoms with Crippen molar-refractivity contribution in [3.63, 3.8) is 0 Å². The van der Waals surface area contributed by atoms with Crippen LogP contribution in [0.3, 0.4) is 0 Å². The van der Waals surface area contributed by atoms with Crippen molar-refractivity contribution in [3.05, 3.63) is 17.7 Å². The maximum Gasteiger partial charge on any atom is 0.243 e. The Kier molecular flexibility index (Phi) is 5.08. The van der Waals surface area contributed by atoms with Crippen LogP contribution in [0.15, 0.2) is 17.3 Å². The fraction of sp³-hybridized carbons (Fsp3) is 0.556. The second-order valence-electron chi connectivity index (χ2n) is 4.77. The number of sulfonamides is 2. The van der Waals surface area contributed by atoms with E-state index in [0.29, 0.717) is 0 Å². The van der Waals surface area contributed by atoms with Gasteiger partial charge in [0, 0.05) is 12.1 Å². The van der Waals surface area contributed by atoms with Crippen LogP contribution in [0.4, 0.5) is 0 Å². The van der Waals surface area contributed by atoms with Gasteiger partial charge in [-0.05, 0) is 25.4 Å². The highest BCUT2D eigenvalue weighted by atomic mass is 35.5. The molecule has 11 heteroatoms. The van der Waals surface area contributed by atoms with E-state index in [2.05, 4.69) is 19.4 Å². The van der Waals surface area contributed by atoms with E-state index in [1.165, 1.54) is 0 Å². The van der Waals surface area contributed by atoms with Crippen LogP contribution < -0.4 is 9.44 Å². The third-order valence-corrected chi connectivity index (χ3v) is 4.55. The summed E-state index contributed by atoms with van der Waals surface area (Å²) in [7, 11) is -7.28. The Morgan fingerprint density at radius 1 is 1.20 bits per heavy atom. The van der Waals surface area contributed by atoms with Crippen LogP contribution in [0.5, 0.6) is 0 Å². The first-order valence-corrected chi connectivity index (χ1v) is 9.13. The number of halogens is 1. The monoisotopic (exact) mass is 342 g/mol. The third-order valence-electron chi connectivity index (χ3n) is 2.07. The van der Waals surface area contributed by atoms with E-state index in [0.717, 1.165) is 18.6 Å². The summed E-state index contributed by atoms with van der Waals surface area (Å²) in [5.74, 6) is 0. The van der Waals surface area contributed by atoms with Crippen LogP contribution in [0, 0.1) is 0 Å². The van der Waals surface area contributed by atoms with Crippen molar-refractivity contribution < 1.29 is 16.8 Å². The number of nitrogens with one attached hydrogen (secondary N) is 2. The summed E-state index contributed by atoms with van der Waals surface area (Å²) in [4.78, 5) is 6.99. The zero-order valence-electron chi connectivity index (χ0n) is 11.1. The highest BCUT2D eigenvalue weighted by Gasteiger charge is 2.25. The summed E-state index contributed by atoms with van der Waals surface area (Å²) in [5.41, 5.74) is -0.978. The lowest BCUT2D eigenvalue weighted by Crippen LogP contribution is -2.50. The van der Waals surface area contributed by atoms with E-state index in [4.69, 9.17) is 11.6 Å². The Bertz CT molecular complexity index is 670. The molecule has 1 aromatic heterocycles. The van der Waals surface area contributed by atoms with E-state index in [1.54, 1.807) is 13.8 Å². The van der Waals surface area contributed by atoms with Gasteiger partial charge in [0.1, 0.15) is 4.90 Å². The maximum absolute atomic E-state index is 11.9. The quantitative estimate of drug-likeness (QED) is 0.687. The Morgan fingerprint density at radius 3 is 2.15 bits per heavy atom. The lowest BCUT2D eigenvalue weighted by Gasteiger charge is -2.25. The molecule has 0 unspecified atom stereocenters. The summed E-state index contributed by atoms with van der Waals surface area (Å²) in [6.45, 7) is 2.97. The fourth-order valence-corrected chi connectivity index (χ4v) is 3.61. The van der Waals surface area contributed by atoms with Gasteiger partial charge in [-0.25, -0.2) is 36.2 Å².